The van der Waals surface area contributed by atoms with Crippen molar-refractivity contribution in [1.29, 1.82) is 0 Å². The highest BCUT2D eigenvalue weighted by atomic mass is 35.5. The van der Waals surface area contributed by atoms with Crippen LogP contribution in [0.5, 0.6) is 0 Å². The Morgan fingerprint density at radius 2 is 1.22 bits per heavy atom. The van der Waals surface area contributed by atoms with Gasteiger partial charge in [-0.3, -0.25) is 29.8 Å². The summed E-state index contributed by atoms with van der Waals surface area (Å²) >= 11 is 5.37. The molecular weight excluding hydrogens is 502 g/mol. The lowest BCUT2D eigenvalue weighted by molar-refractivity contribution is -0.385. The Labute approximate surface area is 218 Å². The monoisotopic (exact) mass is 529 g/mol. The van der Waals surface area contributed by atoms with Gasteiger partial charge in [0.15, 0.2) is 5.96 Å². The first-order chi connectivity index (χ1) is 17.2. The molecule has 2 rings (SSSR count). The van der Waals surface area contributed by atoms with Crippen LogP contribution in [0.4, 0.5) is 11.4 Å². The van der Waals surface area contributed by atoms with Gasteiger partial charge in [-0.25, -0.2) is 0 Å². The van der Waals surface area contributed by atoms with E-state index < -0.39 is 21.0 Å². The number of allylic oxidation sites excluding steroid dienone is 2. The number of aryl methyl sites for hydroxylation is 2. The standard InChI is InChI=1S/C13H16N4O3.C12H12ClNO3/c1-4-7(2)9-5-8(3)10(6-11(9)17(19)20)12(18)16-13(14)15;1-4-7(2)9-5-8(3)10(12(13)15)6-11(9)14(16)17/h5-6H,2,4H2,1,3H3,(H4,14,15,16,18);5-6H,2,4H2,1,3H3. The fourth-order valence-electron chi connectivity index (χ4n) is 3.26. The van der Waals surface area contributed by atoms with Crippen molar-refractivity contribution in [3.05, 3.63) is 91.0 Å². The van der Waals surface area contributed by atoms with Crippen LogP contribution in [0.3, 0.4) is 0 Å². The van der Waals surface area contributed by atoms with Gasteiger partial charge in [0, 0.05) is 17.7 Å². The predicted octanol–water partition coefficient (Wildman–Crippen LogP) is 5.45. The second-order valence-corrected chi connectivity index (χ2v) is 8.26. The van der Waals surface area contributed by atoms with E-state index in [1.165, 1.54) is 12.1 Å². The maximum atomic E-state index is 11.8. The van der Waals surface area contributed by atoms with Crippen molar-refractivity contribution in [3.63, 3.8) is 0 Å². The van der Waals surface area contributed by atoms with Crippen LogP contribution in [0.1, 0.15) is 69.7 Å². The molecule has 0 spiro atoms. The van der Waals surface area contributed by atoms with E-state index in [2.05, 4.69) is 18.2 Å². The van der Waals surface area contributed by atoms with Gasteiger partial charge in [0.1, 0.15) is 0 Å². The molecule has 0 atom stereocenters. The molecule has 0 bridgehead atoms. The van der Waals surface area contributed by atoms with Gasteiger partial charge in [0.25, 0.3) is 22.5 Å². The molecule has 4 N–H and O–H groups in total. The average Bonchev–Trinajstić information content (AvgIpc) is 2.81. The van der Waals surface area contributed by atoms with Crippen LogP contribution >= 0.6 is 11.6 Å². The molecule has 0 saturated carbocycles. The van der Waals surface area contributed by atoms with E-state index in [-0.39, 0.29) is 28.5 Å². The smallest absolute Gasteiger partial charge is 0.280 e. The SMILES string of the molecule is C=C(CC)c1cc(C)c(C(=O)Cl)cc1[N+](=O)[O-].C=C(CC)c1cc(C)c(C(=O)N=C(N)N)cc1[N+](=O)[O-]. The zero-order valence-electron chi connectivity index (χ0n) is 21.0. The number of nitrogens with two attached hydrogens (primary N) is 2. The molecule has 11 nitrogen and oxygen atoms in total. The number of nitro benzene ring substituents is 2. The molecule has 196 valence electrons. The Bertz CT molecular complexity index is 1330. The first kappa shape index (κ1) is 30.7. The highest BCUT2D eigenvalue weighted by Crippen LogP contribution is 2.31. The van der Waals surface area contributed by atoms with Gasteiger partial charge < -0.3 is 11.5 Å². The second kappa shape index (κ2) is 13.1. The first-order valence-corrected chi connectivity index (χ1v) is 11.3. The highest BCUT2D eigenvalue weighted by molar-refractivity contribution is 6.68. The molecule has 0 radical (unpaired) electrons. The topological polar surface area (TPSA) is 185 Å². The summed E-state index contributed by atoms with van der Waals surface area (Å²) in [6, 6.07) is 5.53. The number of hydrogen-bond donors (Lipinski definition) is 2. The van der Waals surface area contributed by atoms with Gasteiger partial charge in [-0.1, -0.05) is 27.0 Å². The van der Waals surface area contributed by atoms with Crippen molar-refractivity contribution in [2.24, 2.45) is 16.5 Å². The van der Waals surface area contributed by atoms with Gasteiger partial charge in [0.2, 0.25) is 0 Å². The minimum Gasteiger partial charge on any atom is -0.370 e. The number of carbonyl (C=O) groups is 2. The summed E-state index contributed by atoms with van der Waals surface area (Å²) in [6.07, 6.45) is 1.18. The number of benzene rings is 2. The molecule has 2 aromatic carbocycles. The van der Waals surface area contributed by atoms with E-state index in [1.54, 1.807) is 26.0 Å². The lowest BCUT2D eigenvalue weighted by atomic mass is 9.97. The fourth-order valence-corrected chi connectivity index (χ4v) is 3.47. The normalized spacial score (nSPS) is 9.97. The number of aliphatic imine (C=N–C) groups is 1. The largest absolute Gasteiger partial charge is 0.370 e. The number of guanidine groups is 1. The summed E-state index contributed by atoms with van der Waals surface area (Å²) in [5.74, 6) is -1.10. The molecule has 0 fully saturated rings. The molecule has 12 heteroatoms. The molecule has 0 heterocycles. The quantitative estimate of drug-likeness (QED) is 0.148. The van der Waals surface area contributed by atoms with Crippen LogP contribution in [0.15, 0.2) is 42.4 Å². The van der Waals surface area contributed by atoms with E-state index >= 15 is 0 Å². The number of amides is 1. The van der Waals surface area contributed by atoms with Crippen LogP contribution in [0, 0.1) is 34.1 Å². The minimum absolute atomic E-state index is 0.0951. The maximum Gasteiger partial charge on any atom is 0.280 e. The van der Waals surface area contributed by atoms with Crippen molar-refractivity contribution < 1.29 is 19.4 Å². The van der Waals surface area contributed by atoms with Gasteiger partial charge >= 0.3 is 0 Å². The third-order valence-corrected chi connectivity index (χ3v) is 5.57. The number of rotatable bonds is 8. The molecule has 0 aliphatic rings. The number of nitrogens with zero attached hydrogens (tertiary/aromatic N) is 3. The Hall–Kier alpha value is -4.38. The van der Waals surface area contributed by atoms with E-state index in [0.29, 0.717) is 46.2 Å². The van der Waals surface area contributed by atoms with Crippen molar-refractivity contribution >= 4 is 51.2 Å². The van der Waals surface area contributed by atoms with Crippen molar-refractivity contribution in [1.82, 2.24) is 0 Å². The molecule has 0 aliphatic carbocycles. The third kappa shape index (κ3) is 7.80. The Kier molecular flexibility index (Phi) is 10.8. The highest BCUT2D eigenvalue weighted by Gasteiger charge is 2.22. The molecule has 2 aromatic rings. The number of hydrogen-bond acceptors (Lipinski definition) is 6. The first-order valence-electron chi connectivity index (χ1n) is 10.9. The lowest BCUT2D eigenvalue weighted by Gasteiger charge is -2.08. The molecular formula is C25H28ClN5O6. The van der Waals surface area contributed by atoms with Crippen molar-refractivity contribution in [2.45, 2.75) is 40.5 Å². The van der Waals surface area contributed by atoms with Crippen molar-refractivity contribution in [2.75, 3.05) is 0 Å². The van der Waals surface area contributed by atoms with Gasteiger partial charge in [-0.15, -0.1) is 0 Å². The van der Waals surface area contributed by atoms with Crippen LogP contribution in [-0.2, 0) is 0 Å². The van der Waals surface area contributed by atoms with Crippen LogP contribution in [0.25, 0.3) is 11.1 Å². The third-order valence-electron chi connectivity index (χ3n) is 5.37. The van der Waals surface area contributed by atoms with E-state index in [4.69, 9.17) is 23.1 Å². The molecule has 0 saturated heterocycles. The zero-order chi connectivity index (χ0) is 28.6. The van der Waals surface area contributed by atoms with E-state index in [0.717, 1.165) is 0 Å². The van der Waals surface area contributed by atoms with E-state index in [9.17, 15) is 29.8 Å². The van der Waals surface area contributed by atoms with Crippen LogP contribution in [0.2, 0.25) is 0 Å². The Morgan fingerprint density at radius 3 is 1.54 bits per heavy atom. The second-order valence-electron chi connectivity index (χ2n) is 7.91. The number of halogens is 1. The molecule has 1 amide bonds. The van der Waals surface area contributed by atoms with Crippen LogP contribution in [-0.4, -0.2) is 27.0 Å². The van der Waals surface area contributed by atoms with E-state index in [1.807, 2.05) is 13.8 Å². The average molecular weight is 530 g/mol. The van der Waals surface area contributed by atoms with Crippen LogP contribution < -0.4 is 11.5 Å². The summed E-state index contributed by atoms with van der Waals surface area (Å²) in [7, 11) is 0. The Balaban J connectivity index is 0.000000375. The summed E-state index contributed by atoms with van der Waals surface area (Å²) in [5.41, 5.74) is 13.5. The fraction of sp³-hybridized carbons (Fsp3) is 0.240. The summed E-state index contributed by atoms with van der Waals surface area (Å²) in [5, 5.41) is 21.4. The molecule has 0 aliphatic heterocycles. The summed E-state index contributed by atoms with van der Waals surface area (Å²) < 4.78 is 0. The predicted molar refractivity (Wildman–Crippen MR) is 145 cm³/mol. The maximum absolute atomic E-state index is 11.8. The zero-order valence-corrected chi connectivity index (χ0v) is 21.7. The number of nitro groups is 2. The van der Waals surface area contributed by atoms with Crippen molar-refractivity contribution in [3.8, 4) is 0 Å². The molecule has 0 unspecified atom stereocenters. The summed E-state index contributed by atoms with van der Waals surface area (Å²) in [6.45, 7) is 14.6. The number of carbonyl (C=O) groups excluding carboxylic acids is 2. The molecule has 0 aromatic heterocycles. The van der Waals surface area contributed by atoms with Gasteiger partial charge in [-0.05, 0) is 72.7 Å². The van der Waals surface area contributed by atoms with Gasteiger partial charge in [0.05, 0.1) is 26.5 Å². The molecule has 37 heavy (non-hydrogen) atoms. The lowest BCUT2D eigenvalue weighted by Crippen LogP contribution is -2.24. The van der Waals surface area contributed by atoms with Gasteiger partial charge in [-0.2, -0.15) is 4.99 Å². The summed E-state index contributed by atoms with van der Waals surface area (Å²) in [4.78, 5) is 47.3. The minimum atomic E-state index is -0.709. The Morgan fingerprint density at radius 1 is 0.838 bits per heavy atom.